The van der Waals surface area contributed by atoms with E-state index in [2.05, 4.69) is 15.6 Å². The second-order valence-corrected chi connectivity index (χ2v) is 9.16. The van der Waals surface area contributed by atoms with Gasteiger partial charge < -0.3 is 20.3 Å². The molecule has 0 bridgehead atoms. The smallest absolute Gasteiger partial charge is 0.410 e. The van der Waals surface area contributed by atoms with Crippen molar-refractivity contribution >= 4 is 41.0 Å². The van der Waals surface area contributed by atoms with Crippen LogP contribution in [0.1, 0.15) is 43.1 Å². The van der Waals surface area contributed by atoms with Gasteiger partial charge in [0, 0.05) is 29.9 Å². The van der Waals surface area contributed by atoms with Crippen molar-refractivity contribution in [2.75, 3.05) is 23.7 Å². The fourth-order valence-electron chi connectivity index (χ4n) is 3.11. The molecular weight excluding hydrogens is 444 g/mol. The summed E-state index contributed by atoms with van der Waals surface area (Å²) in [6.07, 6.45) is 3.29. The quantitative estimate of drug-likeness (QED) is 0.668. The summed E-state index contributed by atoms with van der Waals surface area (Å²) in [5, 5.41) is 5.85. The summed E-state index contributed by atoms with van der Waals surface area (Å²) >= 11 is 6.09. The number of carbonyl (C=O) groups is 3. The number of amides is 3. The van der Waals surface area contributed by atoms with E-state index in [1.165, 1.54) is 11.0 Å². The van der Waals surface area contributed by atoms with Crippen LogP contribution >= 0.6 is 11.6 Å². The molecule has 0 aliphatic carbocycles. The third-order valence-electron chi connectivity index (χ3n) is 4.78. The number of pyridine rings is 1. The number of anilines is 2. The molecular formula is C24H27ClN4O4. The molecule has 2 heterocycles. The van der Waals surface area contributed by atoms with E-state index < -0.39 is 17.6 Å². The van der Waals surface area contributed by atoms with Crippen molar-refractivity contribution < 1.29 is 19.1 Å². The number of nitrogens with zero attached hydrogens (tertiary/aromatic N) is 2. The molecule has 33 heavy (non-hydrogen) atoms. The molecule has 2 aromatic rings. The Kier molecular flexibility index (Phi) is 7.38. The van der Waals surface area contributed by atoms with Gasteiger partial charge in [-0.05, 0) is 63.9 Å². The first kappa shape index (κ1) is 24.3. The highest BCUT2D eigenvalue weighted by molar-refractivity contribution is 6.31. The molecule has 2 N–H and O–H groups in total. The maximum atomic E-state index is 12.8. The molecule has 1 aliphatic heterocycles. The van der Waals surface area contributed by atoms with E-state index in [0.717, 1.165) is 5.56 Å². The molecule has 0 saturated heterocycles. The van der Waals surface area contributed by atoms with Crippen molar-refractivity contribution in [1.29, 1.82) is 0 Å². The number of nitrogens with one attached hydrogen (secondary N) is 2. The van der Waals surface area contributed by atoms with Crippen LogP contribution in [0.3, 0.4) is 0 Å². The first-order valence-electron chi connectivity index (χ1n) is 10.5. The number of aryl methyl sites for hydroxylation is 1. The van der Waals surface area contributed by atoms with Crippen molar-refractivity contribution in [1.82, 2.24) is 9.88 Å². The fraction of sp³-hybridized carbons (Fsp3) is 0.333. The standard InChI is InChI=1S/C24H27ClN4O4/c1-15-5-8-20(26-14-15)28-22(31)18-13-17(25)6-7-19(18)27-21(30)16-9-11-29(12-10-16)23(32)33-24(2,3)4/h5-9,13-14H,10-12H2,1-4H3,(H,27,30)(H,26,28,31). The van der Waals surface area contributed by atoms with Gasteiger partial charge in [-0.3, -0.25) is 9.59 Å². The topological polar surface area (TPSA) is 101 Å². The molecule has 0 fully saturated rings. The Morgan fingerprint density at radius 1 is 1.09 bits per heavy atom. The highest BCUT2D eigenvalue weighted by Gasteiger charge is 2.25. The minimum atomic E-state index is -0.585. The molecule has 8 nitrogen and oxygen atoms in total. The molecule has 3 rings (SSSR count). The Labute approximate surface area is 198 Å². The zero-order valence-electron chi connectivity index (χ0n) is 19.1. The van der Waals surface area contributed by atoms with Crippen LogP contribution in [0.5, 0.6) is 0 Å². The molecule has 1 aliphatic rings. The molecule has 1 aromatic heterocycles. The van der Waals surface area contributed by atoms with E-state index in [0.29, 0.717) is 35.1 Å². The van der Waals surface area contributed by atoms with E-state index in [4.69, 9.17) is 16.3 Å². The van der Waals surface area contributed by atoms with Crippen LogP contribution in [0.2, 0.25) is 5.02 Å². The summed E-state index contributed by atoms with van der Waals surface area (Å²) in [6, 6.07) is 8.19. The number of aromatic nitrogens is 1. The Morgan fingerprint density at radius 2 is 1.85 bits per heavy atom. The third-order valence-corrected chi connectivity index (χ3v) is 5.01. The third kappa shape index (κ3) is 6.79. The van der Waals surface area contributed by atoms with Gasteiger partial charge in [0.25, 0.3) is 11.8 Å². The molecule has 174 valence electrons. The summed E-state index contributed by atoms with van der Waals surface area (Å²) in [4.78, 5) is 43.6. The van der Waals surface area contributed by atoms with Crippen LogP contribution in [-0.4, -0.2) is 46.5 Å². The van der Waals surface area contributed by atoms with Gasteiger partial charge in [0.05, 0.1) is 11.3 Å². The van der Waals surface area contributed by atoms with Gasteiger partial charge in [-0.15, -0.1) is 0 Å². The number of hydrogen-bond acceptors (Lipinski definition) is 5. The summed E-state index contributed by atoms with van der Waals surface area (Å²) in [5.41, 5.74) is 1.44. The van der Waals surface area contributed by atoms with E-state index in [1.54, 1.807) is 51.2 Å². The Morgan fingerprint density at radius 3 is 2.45 bits per heavy atom. The van der Waals surface area contributed by atoms with Gasteiger partial charge in [-0.1, -0.05) is 23.7 Å². The first-order valence-corrected chi connectivity index (χ1v) is 10.9. The summed E-state index contributed by atoms with van der Waals surface area (Å²) in [7, 11) is 0. The average Bonchev–Trinajstić information content (AvgIpc) is 2.75. The van der Waals surface area contributed by atoms with Crippen molar-refractivity contribution in [2.45, 2.75) is 39.7 Å². The SMILES string of the molecule is Cc1ccc(NC(=O)c2cc(Cl)ccc2NC(=O)C2=CCN(C(=O)OC(C)(C)C)CC2)nc1. The highest BCUT2D eigenvalue weighted by Crippen LogP contribution is 2.24. The van der Waals surface area contributed by atoms with Crippen LogP contribution in [0.15, 0.2) is 48.2 Å². The molecule has 3 amide bonds. The maximum Gasteiger partial charge on any atom is 0.410 e. The van der Waals surface area contributed by atoms with Crippen molar-refractivity contribution in [2.24, 2.45) is 0 Å². The normalized spacial score (nSPS) is 13.7. The Balaban J connectivity index is 1.69. The Hall–Kier alpha value is -3.39. The molecule has 0 spiro atoms. The van der Waals surface area contributed by atoms with Crippen LogP contribution in [0, 0.1) is 6.92 Å². The lowest BCUT2D eigenvalue weighted by Crippen LogP contribution is -2.40. The molecule has 1 aromatic carbocycles. The maximum absolute atomic E-state index is 12.8. The van der Waals surface area contributed by atoms with Crippen molar-refractivity contribution in [3.63, 3.8) is 0 Å². The average molecular weight is 471 g/mol. The van der Waals surface area contributed by atoms with Gasteiger partial charge in [0.1, 0.15) is 11.4 Å². The summed E-state index contributed by atoms with van der Waals surface area (Å²) < 4.78 is 5.37. The largest absolute Gasteiger partial charge is 0.444 e. The molecule has 0 saturated carbocycles. The van der Waals surface area contributed by atoms with Crippen molar-refractivity contribution in [3.8, 4) is 0 Å². The first-order chi connectivity index (χ1) is 15.5. The summed E-state index contributed by atoms with van der Waals surface area (Å²) in [5.74, 6) is -0.401. The lowest BCUT2D eigenvalue weighted by molar-refractivity contribution is -0.113. The molecule has 0 unspecified atom stereocenters. The number of ether oxygens (including phenoxy) is 1. The second-order valence-electron chi connectivity index (χ2n) is 8.72. The van der Waals surface area contributed by atoms with E-state index in [1.807, 2.05) is 13.0 Å². The van der Waals surface area contributed by atoms with Crippen LogP contribution < -0.4 is 10.6 Å². The number of rotatable bonds is 4. The van der Waals surface area contributed by atoms with Crippen molar-refractivity contribution in [3.05, 3.63) is 64.3 Å². The van der Waals surface area contributed by atoms with Gasteiger partial charge in [-0.2, -0.15) is 0 Å². The van der Waals surface area contributed by atoms with E-state index in [9.17, 15) is 14.4 Å². The van der Waals surface area contributed by atoms with Crippen LogP contribution in [0.25, 0.3) is 0 Å². The second kappa shape index (κ2) is 10.0. The number of halogens is 1. The number of benzene rings is 1. The Bertz CT molecular complexity index is 1090. The van der Waals surface area contributed by atoms with Gasteiger partial charge in [-0.25, -0.2) is 9.78 Å². The number of hydrogen-bond donors (Lipinski definition) is 2. The number of carbonyl (C=O) groups excluding carboxylic acids is 3. The fourth-order valence-corrected chi connectivity index (χ4v) is 3.28. The zero-order chi connectivity index (χ0) is 24.2. The van der Waals surface area contributed by atoms with Gasteiger partial charge in [0.2, 0.25) is 0 Å². The van der Waals surface area contributed by atoms with E-state index in [-0.39, 0.29) is 18.0 Å². The molecule has 9 heteroatoms. The predicted molar refractivity (Wildman–Crippen MR) is 128 cm³/mol. The lowest BCUT2D eigenvalue weighted by atomic mass is 10.1. The minimum absolute atomic E-state index is 0.213. The van der Waals surface area contributed by atoms with Gasteiger partial charge in [0.15, 0.2) is 0 Å². The molecule has 0 atom stereocenters. The predicted octanol–water partition coefficient (Wildman–Crippen LogP) is 4.80. The molecule has 0 radical (unpaired) electrons. The van der Waals surface area contributed by atoms with Crippen LogP contribution in [0.4, 0.5) is 16.3 Å². The summed E-state index contributed by atoms with van der Waals surface area (Å²) in [6.45, 7) is 7.94. The van der Waals surface area contributed by atoms with Gasteiger partial charge >= 0.3 is 6.09 Å². The zero-order valence-corrected chi connectivity index (χ0v) is 19.8. The highest BCUT2D eigenvalue weighted by atomic mass is 35.5. The minimum Gasteiger partial charge on any atom is -0.444 e. The van der Waals surface area contributed by atoms with E-state index >= 15 is 0 Å². The monoisotopic (exact) mass is 470 g/mol. The lowest BCUT2D eigenvalue weighted by Gasteiger charge is -2.29. The van der Waals surface area contributed by atoms with Crippen LogP contribution in [-0.2, 0) is 9.53 Å².